The molecule has 0 aliphatic carbocycles. The predicted octanol–water partition coefficient (Wildman–Crippen LogP) is 1.58. The summed E-state index contributed by atoms with van der Waals surface area (Å²) in [5.74, 6) is 2.06. The molecule has 2 aromatic rings. The summed E-state index contributed by atoms with van der Waals surface area (Å²) in [4.78, 5) is 6.67. The van der Waals surface area contributed by atoms with Gasteiger partial charge in [-0.1, -0.05) is 5.16 Å². The SMILES string of the molecule is COc1ccc(-c2noc(CN3CCOCC3)n2)cc1. The molecule has 0 radical (unpaired) electrons. The first kappa shape index (κ1) is 13.1. The molecule has 0 saturated carbocycles. The Morgan fingerprint density at radius 2 is 1.95 bits per heavy atom. The van der Waals surface area contributed by atoms with Crippen molar-refractivity contribution in [3.8, 4) is 17.1 Å². The van der Waals surface area contributed by atoms with Crippen molar-refractivity contribution in [1.29, 1.82) is 0 Å². The topological polar surface area (TPSA) is 60.6 Å². The molecule has 1 aromatic heterocycles. The van der Waals surface area contributed by atoms with Gasteiger partial charge in [0, 0.05) is 18.7 Å². The molecule has 0 amide bonds. The molecule has 0 N–H and O–H groups in total. The zero-order valence-electron chi connectivity index (χ0n) is 11.4. The van der Waals surface area contributed by atoms with Crippen LogP contribution in [-0.2, 0) is 11.3 Å². The van der Waals surface area contributed by atoms with E-state index in [0.717, 1.165) is 37.6 Å². The Hall–Kier alpha value is -1.92. The summed E-state index contributed by atoms with van der Waals surface area (Å²) in [5, 5.41) is 4.02. The molecular formula is C14H17N3O3. The van der Waals surface area contributed by atoms with Crippen molar-refractivity contribution >= 4 is 0 Å². The van der Waals surface area contributed by atoms with Gasteiger partial charge in [0.1, 0.15) is 5.75 Å². The smallest absolute Gasteiger partial charge is 0.241 e. The van der Waals surface area contributed by atoms with E-state index in [1.165, 1.54) is 0 Å². The second kappa shape index (κ2) is 6.02. The van der Waals surface area contributed by atoms with Crippen LogP contribution in [-0.4, -0.2) is 48.5 Å². The summed E-state index contributed by atoms with van der Waals surface area (Å²) < 4.78 is 15.7. The zero-order chi connectivity index (χ0) is 13.8. The van der Waals surface area contributed by atoms with Crippen molar-refractivity contribution < 1.29 is 14.0 Å². The largest absolute Gasteiger partial charge is 0.497 e. The minimum absolute atomic E-state index is 0.607. The number of nitrogens with zero attached hydrogens (tertiary/aromatic N) is 3. The van der Waals surface area contributed by atoms with E-state index in [0.29, 0.717) is 18.3 Å². The van der Waals surface area contributed by atoms with Crippen LogP contribution in [0.25, 0.3) is 11.4 Å². The molecule has 1 aromatic carbocycles. The quantitative estimate of drug-likeness (QED) is 0.844. The summed E-state index contributed by atoms with van der Waals surface area (Å²) in [7, 11) is 1.64. The normalized spacial score (nSPS) is 16.2. The molecule has 106 valence electrons. The van der Waals surface area contributed by atoms with Gasteiger partial charge in [0.15, 0.2) is 0 Å². The molecule has 0 bridgehead atoms. The number of hydrogen-bond donors (Lipinski definition) is 0. The van der Waals surface area contributed by atoms with Crippen molar-refractivity contribution in [2.24, 2.45) is 0 Å². The fourth-order valence-electron chi connectivity index (χ4n) is 2.13. The van der Waals surface area contributed by atoms with E-state index in [4.69, 9.17) is 14.0 Å². The number of methoxy groups -OCH3 is 1. The Morgan fingerprint density at radius 1 is 1.20 bits per heavy atom. The number of rotatable bonds is 4. The fraction of sp³-hybridized carbons (Fsp3) is 0.429. The highest BCUT2D eigenvalue weighted by Gasteiger charge is 2.15. The summed E-state index contributed by atoms with van der Waals surface area (Å²) in [5.41, 5.74) is 0.919. The number of benzene rings is 1. The van der Waals surface area contributed by atoms with Gasteiger partial charge in [-0.25, -0.2) is 0 Å². The minimum atomic E-state index is 0.607. The Kier molecular flexibility index (Phi) is 3.94. The molecule has 1 fully saturated rings. The number of ether oxygens (including phenoxy) is 2. The van der Waals surface area contributed by atoms with Crippen molar-refractivity contribution in [2.45, 2.75) is 6.54 Å². The van der Waals surface area contributed by atoms with Crippen LogP contribution in [0.5, 0.6) is 5.75 Å². The Bertz CT molecular complexity index is 547. The maximum absolute atomic E-state index is 5.31. The van der Waals surface area contributed by atoms with E-state index < -0.39 is 0 Å². The highest BCUT2D eigenvalue weighted by atomic mass is 16.5. The van der Waals surface area contributed by atoms with Crippen LogP contribution in [0.15, 0.2) is 28.8 Å². The van der Waals surface area contributed by atoms with E-state index in [2.05, 4.69) is 15.0 Å². The summed E-state index contributed by atoms with van der Waals surface area (Å²) in [6.07, 6.45) is 0. The van der Waals surface area contributed by atoms with Gasteiger partial charge in [-0.2, -0.15) is 4.98 Å². The van der Waals surface area contributed by atoms with Gasteiger partial charge in [0.2, 0.25) is 11.7 Å². The van der Waals surface area contributed by atoms with Crippen LogP contribution in [0.4, 0.5) is 0 Å². The number of hydrogen-bond acceptors (Lipinski definition) is 6. The Balaban J connectivity index is 1.68. The second-order valence-corrected chi connectivity index (χ2v) is 4.63. The van der Waals surface area contributed by atoms with Crippen LogP contribution in [0.3, 0.4) is 0 Å². The first-order chi connectivity index (χ1) is 9.85. The zero-order valence-corrected chi connectivity index (χ0v) is 11.4. The molecule has 1 saturated heterocycles. The lowest BCUT2D eigenvalue weighted by molar-refractivity contribution is 0.0297. The standard InChI is InChI=1S/C14H17N3O3/c1-18-12-4-2-11(3-5-12)14-15-13(20-16-14)10-17-6-8-19-9-7-17/h2-5H,6-10H2,1H3. The highest BCUT2D eigenvalue weighted by Crippen LogP contribution is 2.20. The van der Waals surface area contributed by atoms with Gasteiger partial charge in [-0.05, 0) is 24.3 Å². The van der Waals surface area contributed by atoms with Gasteiger partial charge in [-0.3, -0.25) is 4.90 Å². The van der Waals surface area contributed by atoms with Gasteiger partial charge >= 0.3 is 0 Å². The molecule has 6 nitrogen and oxygen atoms in total. The van der Waals surface area contributed by atoms with Crippen molar-refractivity contribution in [1.82, 2.24) is 15.0 Å². The minimum Gasteiger partial charge on any atom is -0.497 e. The molecule has 20 heavy (non-hydrogen) atoms. The van der Waals surface area contributed by atoms with Crippen LogP contribution in [0, 0.1) is 0 Å². The van der Waals surface area contributed by atoms with Gasteiger partial charge < -0.3 is 14.0 Å². The summed E-state index contributed by atoms with van der Waals surface area (Å²) in [6, 6.07) is 7.60. The third kappa shape index (κ3) is 2.97. The average Bonchev–Trinajstić information content (AvgIpc) is 2.97. The van der Waals surface area contributed by atoms with E-state index in [1.807, 2.05) is 24.3 Å². The lowest BCUT2D eigenvalue weighted by Gasteiger charge is -2.24. The first-order valence-electron chi connectivity index (χ1n) is 6.62. The van der Waals surface area contributed by atoms with E-state index in [9.17, 15) is 0 Å². The molecule has 0 spiro atoms. The van der Waals surface area contributed by atoms with Gasteiger partial charge in [0.05, 0.1) is 26.9 Å². The maximum atomic E-state index is 5.31. The number of aromatic nitrogens is 2. The molecule has 0 atom stereocenters. The summed E-state index contributed by atoms with van der Waals surface area (Å²) in [6.45, 7) is 4.01. The predicted molar refractivity (Wildman–Crippen MR) is 72.4 cm³/mol. The van der Waals surface area contributed by atoms with Crippen LogP contribution >= 0.6 is 0 Å². The van der Waals surface area contributed by atoms with Gasteiger partial charge in [-0.15, -0.1) is 0 Å². The lowest BCUT2D eigenvalue weighted by Crippen LogP contribution is -2.35. The molecule has 2 heterocycles. The Labute approximate surface area is 117 Å². The molecule has 1 aliphatic rings. The average molecular weight is 275 g/mol. The van der Waals surface area contributed by atoms with Crippen LogP contribution < -0.4 is 4.74 Å². The first-order valence-corrected chi connectivity index (χ1v) is 6.62. The van der Waals surface area contributed by atoms with Crippen molar-refractivity contribution in [3.05, 3.63) is 30.2 Å². The molecule has 1 aliphatic heterocycles. The lowest BCUT2D eigenvalue weighted by atomic mass is 10.2. The molecule has 3 rings (SSSR count). The maximum Gasteiger partial charge on any atom is 0.241 e. The third-order valence-corrected chi connectivity index (χ3v) is 3.28. The number of morpholine rings is 1. The van der Waals surface area contributed by atoms with Crippen LogP contribution in [0.2, 0.25) is 0 Å². The fourth-order valence-corrected chi connectivity index (χ4v) is 2.13. The second-order valence-electron chi connectivity index (χ2n) is 4.63. The molecular weight excluding hydrogens is 258 g/mol. The monoisotopic (exact) mass is 275 g/mol. The van der Waals surface area contributed by atoms with E-state index >= 15 is 0 Å². The van der Waals surface area contributed by atoms with Crippen molar-refractivity contribution in [2.75, 3.05) is 33.4 Å². The Morgan fingerprint density at radius 3 is 2.65 bits per heavy atom. The molecule has 6 heteroatoms. The van der Waals surface area contributed by atoms with Crippen molar-refractivity contribution in [3.63, 3.8) is 0 Å². The van der Waals surface area contributed by atoms with Crippen LogP contribution in [0.1, 0.15) is 5.89 Å². The van der Waals surface area contributed by atoms with E-state index in [-0.39, 0.29) is 0 Å². The van der Waals surface area contributed by atoms with Gasteiger partial charge in [0.25, 0.3) is 0 Å². The third-order valence-electron chi connectivity index (χ3n) is 3.28. The molecule has 0 unspecified atom stereocenters. The summed E-state index contributed by atoms with van der Waals surface area (Å²) >= 11 is 0. The highest BCUT2D eigenvalue weighted by molar-refractivity contribution is 5.55. The van der Waals surface area contributed by atoms with E-state index in [1.54, 1.807) is 7.11 Å².